The number of carbonyl (C=O) groups excluding carboxylic acids is 1. The summed E-state index contributed by atoms with van der Waals surface area (Å²) in [4.78, 5) is 12.0. The highest BCUT2D eigenvalue weighted by Crippen LogP contribution is 2.43. The Morgan fingerprint density at radius 3 is 2.41 bits per heavy atom. The summed E-state index contributed by atoms with van der Waals surface area (Å²) in [7, 11) is 0. The van der Waals surface area contributed by atoms with Crippen molar-refractivity contribution in [1.82, 2.24) is 0 Å². The summed E-state index contributed by atoms with van der Waals surface area (Å²) in [6.07, 6.45) is 1.18. The fourth-order valence-corrected chi connectivity index (χ4v) is 4.35. The van der Waals surface area contributed by atoms with Crippen LogP contribution in [0.3, 0.4) is 0 Å². The molecule has 0 atom stereocenters. The minimum Gasteiger partial charge on any atom is -0.511 e. The van der Waals surface area contributed by atoms with Gasteiger partial charge < -0.3 is 5.11 Å². The zero-order chi connectivity index (χ0) is 12.5. The Hall–Kier alpha value is -0.840. The molecule has 0 spiro atoms. The van der Waals surface area contributed by atoms with E-state index in [-0.39, 0.29) is 11.2 Å². The molecule has 1 N–H and O–H groups in total. The molecule has 0 saturated carbocycles. The maximum atomic E-state index is 12.0. The molecule has 0 bridgehead atoms. The summed E-state index contributed by atoms with van der Waals surface area (Å²) in [6, 6.07) is 9.97. The van der Waals surface area contributed by atoms with Crippen LogP contribution in [-0.2, 0) is 4.79 Å². The predicted octanol–water partition coefficient (Wildman–Crippen LogP) is 3.99. The van der Waals surface area contributed by atoms with E-state index >= 15 is 0 Å². The molecule has 0 aliphatic heterocycles. The molecule has 0 unspecified atom stereocenters. The molecule has 0 fully saturated rings. The number of ketones is 1. The molecule has 2 rings (SSSR count). The Balaban J connectivity index is 2.24. The molecule has 1 aromatic carbocycles. The first-order chi connectivity index (χ1) is 7.98. The highest BCUT2D eigenvalue weighted by molar-refractivity contribution is 14.2. The van der Waals surface area contributed by atoms with E-state index in [0.29, 0.717) is 22.2 Å². The van der Waals surface area contributed by atoms with Gasteiger partial charge in [0.2, 0.25) is 0 Å². The predicted molar refractivity (Wildman–Crippen MR) is 76.8 cm³/mol. The van der Waals surface area contributed by atoms with Crippen molar-refractivity contribution in [1.29, 1.82) is 0 Å². The van der Waals surface area contributed by atoms with Crippen molar-refractivity contribution in [2.24, 2.45) is 5.41 Å². The van der Waals surface area contributed by atoms with Crippen molar-refractivity contribution < 1.29 is 9.90 Å². The second kappa shape index (κ2) is 4.80. The third kappa shape index (κ3) is 3.09. The van der Waals surface area contributed by atoms with E-state index in [0.717, 1.165) is 0 Å². The van der Waals surface area contributed by atoms with E-state index in [2.05, 4.69) is 0 Å². The van der Waals surface area contributed by atoms with E-state index in [9.17, 15) is 9.90 Å². The zero-order valence-electron chi connectivity index (χ0n) is 10.0. The van der Waals surface area contributed by atoms with Crippen molar-refractivity contribution in [3.63, 3.8) is 0 Å². The lowest BCUT2D eigenvalue weighted by atomic mass is 9.79. The van der Waals surface area contributed by atoms with Gasteiger partial charge in [-0.1, -0.05) is 53.3 Å². The maximum Gasteiger partial charge on any atom is 0.172 e. The Morgan fingerprint density at radius 1 is 1.18 bits per heavy atom. The van der Waals surface area contributed by atoms with Crippen molar-refractivity contribution >= 4 is 27.0 Å². The van der Waals surface area contributed by atoms with E-state index < -0.39 is 21.2 Å². The summed E-state index contributed by atoms with van der Waals surface area (Å²) < 4.78 is 1.88. The molecule has 1 aromatic rings. The molecule has 0 aromatic heterocycles. The molecular formula is C14H16IO2. The Labute approximate surface area is 112 Å². The van der Waals surface area contributed by atoms with Crippen LogP contribution in [0.15, 0.2) is 39.7 Å². The van der Waals surface area contributed by atoms with Crippen LogP contribution in [0.1, 0.15) is 26.7 Å². The number of aliphatic hydroxyl groups excluding tert-OH is 1. The van der Waals surface area contributed by atoms with Crippen LogP contribution in [0.2, 0.25) is 0 Å². The van der Waals surface area contributed by atoms with Crippen LogP contribution in [0, 0.1) is 8.99 Å². The number of rotatable bonds is 2. The molecule has 17 heavy (non-hydrogen) atoms. The number of aliphatic hydroxyl groups is 1. The Morgan fingerprint density at radius 2 is 1.82 bits per heavy atom. The van der Waals surface area contributed by atoms with E-state index in [4.69, 9.17) is 0 Å². The molecule has 0 heterocycles. The van der Waals surface area contributed by atoms with E-state index in [1.807, 2.05) is 44.2 Å². The molecule has 2 nitrogen and oxygen atoms in total. The fourth-order valence-electron chi connectivity index (χ4n) is 1.96. The first-order valence-electron chi connectivity index (χ1n) is 5.63. The van der Waals surface area contributed by atoms with Crippen molar-refractivity contribution in [3.05, 3.63) is 43.2 Å². The highest BCUT2D eigenvalue weighted by Gasteiger charge is 2.33. The number of hydrogen-bond donors (Lipinski definition) is 1. The van der Waals surface area contributed by atoms with Crippen LogP contribution in [0.5, 0.6) is 0 Å². The summed E-state index contributed by atoms with van der Waals surface area (Å²) in [5, 5.41) is 10.0. The van der Waals surface area contributed by atoms with Gasteiger partial charge >= 0.3 is 0 Å². The highest BCUT2D eigenvalue weighted by atomic mass is 127. The van der Waals surface area contributed by atoms with Crippen LogP contribution in [0.4, 0.5) is 0 Å². The van der Waals surface area contributed by atoms with Crippen molar-refractivity contribution in [2.45, 2.75) is 26.7 Å². The summed E-state index contributed by atoms with van der Waals surface area (Å²) in [6.45, 7) is 4.05. The molecular weight excluding hydrogens is 327 g/mol. The molecule has 1 aliphatic rings. The third-order valence-corrected chi connectivity index (χ3v) is 5.83. The van der Waals surface area contributed by atoms with Crippen LogP contribution in [-0.4, -0.2) is 10.9 Å². The average molecular weight is 343 g/mol. The average Bonchev–Trinajstić information content (AvgIpc) is 2.24. The van der Waals surface area contributed by atoms with E-state index in [1.54, 1.807) is 0 Å². The monoisotopic (exact) mass is 343 g/mol. The first kappa shape index (κ1) is 12.6. The topological polar surface area (TPSA) is 37.3 Å². The quantitative estimate of drug-likeness (QED) is 0.825. The van der Waals surface area contributed by atoms with Gasteiger partial charge in [0.1, 0.15) is 5.76 Å². The fraction of sp³-hybridized carbons (Fsp3) is 0.357. The number of allylic oxidation sites excluding steroid dienone is 2. The van der Waals surface area contributed by atoms with Gasteiger partial charge in [-0.15, -0.1) is 0 Å². The number of benzene rings is 1. The van der Waals surface area contributed by atoms with Gasteiger partial charge in [0.15, 0.2) is 5.78 Å². The molecule has 0 saturated heterocycles. The lowest BCUT2D eigenvalue weighted by Crippen LogP contribution is -2.24. The maximum absolute atomic E-state index is 12.0. The smallest absolute Gasteiger partial charge is 0.172 e. The molecule has 0 amide bonds. The van der Waals surface area contributed by atoms with Gasteiger partial charge in [-0.3, -0.25) is 4.79 Å². The number of Topliss-reactive ketones (excluding diaryl/α,β-unsaturated/α-hetero) is 1. The summed E-state index contributed by atoms with van der Waals surface area (Å²) in [5.74, 6) is 0.457. The third-order valence-electron chi connectivity index (χ3n) is 2.72. The molecule has 91 valence electrons. The lowest BCUT2D eigenvalue weighted by molar-refractivity contribution is -0.117. The standard InChI is InChI=1S/C14H16IO2/c1-14(2)8-11(16)13(12(17)9-14)15-10-6-4-3-5-7-10/h3-7,16H,8-9H2,1-2H3. The van der Waals surface area contributed by atoms with Crippen molar-refractivity contribution in [2.75, 3.05) is 0 Å². The van der Waals surface area contributed by atoms with Gasteiger partial charge in [0.05, 0.1) is 3.58 Å². The van der Waals surface area contributed by atoms with Crippen LogP contribution < -0.4 is 0 Å². The number of carbonyl (C=O) groups is 1. The lowest BCUT2D eigenvalue weighted by Gasteiger charge is -2.29. The van der Waals surface area contributed by atoms with Gasteiger partial charge in [0, 0.05) is 16.4 Å². The largest absolute Gasteiger partial charge is 0.511 e. The second-order valence-corrected chi connectivity index (χ2v) is 7.96. The SMILES string of the molecule is CC1(C)CC(=O)C([I]c2ccccc2)=C(O)C1. The minimum atomic E-state index is -0.537. The van der Waals surface area contributed by atoms with Crippen LogP contribution in [0.25, 0.3) is 0 Å². The second-order valence-electron chi connectivity index (χ2n) is 5.09. The van der Waals surface area contributed by atoms with Crippen molar-refractivity contribution in [3.8, 4) is 0 Å². The Bertz CT molecular complexity index is 460. The first-order valence-corrected chi connectivity index (χ1v) is 7.79. The molecule has 3 heteroatoms. The Kier molecular flexibility index (Phi) is 3.56. The summed E-state index contributed by atoms with van der Waals surface area (Å²) in [5.41, 5.74) is -0.0922. The molecule has 1 aliphatic carbocycles. The zero-order valence-corrected chi connectivity index (χ0v) is 12.2. The van der Waals surface area contributed by atoms with Crippen LogP contribution >= 0.6 is 21.2 Å². The molecule has 1 radical (unpaired) electrons. The van der Waals surface area contributed by atoms with Gasteiger partial charge in [-0.2, -0.15) is 0 Å². The normalized spacial score (nSPS) is 19.5. The minimum absolute atomic E-state index is 0.0922. The van der Waals surface area contributed by atoms with Gasteiger partial charge in [-0.25, -0.2) is 0 Å². The summed E-state index contributed by atoms with van der Waals surface area (Å²) >= 11 is -0.537. The van der Waals surface area contributed by atoms with E-state index in [1.165, 1.54) is 3.57 Å². The van der Waals surface area contributed by atoms with Gasteiger partial charge in [0.25, 0.3) is 0 Å². The number of halogens is 1. The van der Waals surface area contributed by atoms with Gasteiger partial charge in [-0.05, 0) is 17.5 Å². The number of hydrogen-bond acceptors (Lipinski definition) is 2.